The number of amides is 1. The molecule has 2 aromatic heterocycles. The number of carbonyl (C=O) groups excluding carboxylic acids is 1. The lowest BCUT2D eigenvalue weighted by Gasteiger charge is -2.16. The summed E-state index contributed by atoms with van der Waals surface area (Å²) in [4.78, 5) is 23.1. The smallest absolute Gasteiger partial charge is 0.272 e. The molecule has 0 bridgehead atoms. The first-order chi connectivity index (χ1) is 12.3. The summed E-state index contributed by atoms with van der Waals surface area (Å²) in [5.74, 6) is -0.00554. The van der Waals surface area contributed by atoms with E-state index in [1.807, 2.05) is 35.2 Å². The lowest BCUT2D eigenvalue weighted by Crippen LogP contribution is -2.32. The average molecular weight is 350 g/mol. The van der Waals surface area contributed by atoms with E-state index in [2.05, 4.69) is 32.8 Å². The largest absolute Gasteiger partial charge is 0.357 e. The molecule has 3 aromatic rings. The van der Waals surface area contributed by atoms with Crippen LogP contribution in [0.4, 0.5) is 5.13 Å². The molecule has 1 amide bonds. The molecular weight excluding hydrogens is 332 g/mol. The molecule has 1 unspecified atom stereocenters. The molecule has 1 N–H and O–H groups in total. The Kier molecular flexibility index (Phi) is 4.43. The van der Waals surface area contributed by atoms with E-state index >= 15 is 0 Å². The minimum absolute atomic E-state index is 0.00554. The summed E-state index contributed by atoms with van der Waals surface area (Å²) in [6.07, 6.45) is 2.57. The molecule has 6 heteroatoms. The van der Waals surface area contributed by atoms with Crippen LogP contribution in [0.5, 0.6) is 0 Å². The van der Waals surface area contributed by atoms with Gasteiger partial charge in [-0.1, -0.05) is 36.4 Å². The Morgan fingerprint density at radius 1 is 1.16 bits per heavy atom. The van der Waals surface area contributed by atoms with Crippen molar-refractivity contribution in [2.75, 3.05) is 18.4 Å². The highest BCUT2D eigenvalue weighted by molar-refractivity contribution is 7.14. The molecule has 1 aliphatic heterocycles. The molecule has 3 heterocycles. The first-order valence-electron chi connectivity index (χ1n) is 8.27. The summed E-state index contributed by atoms with van der Waals surface area (Å²) in [6.45, 7) is 1.42. The molecule has 1 aromatic carbocycles. The van der Waals surface area contributed by atoms with Crippen molar-refractivity contribution in [1.29, 1.82) is 0 Å². The van der Waals surface area contributed by atoms with Crippen molar-refractivity contribution in [1.82, 2.24) is 14.9 Å². The van der Waals surface area contributed by atoms with Crippen LogP contribution in [-0.2, 0) is 0 Å². The van der Waals surface area contributed by atoms with Crippen LogP contribution in [-0.4, -0.2) is 39.9 Å². The number of nitrogens with zero attached hydrogens (tertiary/aromatic N) is 3. The normalized spacial score (nSPS) is 16.8. The molecule has 1 atom stereocenters. The molecule has 126 valence electrons. The Labute approximate surface area is 150 Å². The van der Waals surface area contributed by atoms with Gasteiger partial charge in [0.15, 0.2) is 5.13 Å². The molecule has 0 radical (unpaired) electrons. The third-order valence-electron chi connectivity index (χ3n) is 4.26. The molecule has 25 heavy (non-hydrogen) atoms. The van der Waals surface area contributed by atoms with Crippen LogP contribution in [0, 0.1) is 0 Å². The monoisotopic (exact) mass is 350 g/mol. The fourth-order valence-electron chi connectivity index (χ4n) is 2.97. The van der Waals surface area contributed by atoms with Crippen molar-refractivity contribution in [3.05, 3.63) is 65.8 Å². The second kappa shape index (κ2) is 7.03. The summed E-state index contributed by atoms with van der Waals surface area (Å²) in [5.41, 5.74) is 2.60. The highest BCUT2D eigenvalue weighted by atomic mass is 32.1. The van der Waals surface area contributed by atoms with E-state index in [1.165, 1.54) is 0 Å². The molecule has 0 saturated carbocycles. The number of pyridine rings is 1. The van der Waals surface area contributed by atoms with Gasteiger partial charge in [-0.2, -0.15) is 0 Å². The maximum absolute atomic E-state index is 12.5. The molecule has 0 aliphatic carbocycles. The van der Waals surface area contributed by atoms with E-state index in [4.69, 9.17) is 0 Å². The van der Waals surface area contributed by atoms with Gasteiger partial charge in [-0.05, 0) is 18.6 Å². The Morgan fingerprint density at radius 2 is 2.00 bits per heavy atom. The van der Waals surface area contributed by atoms with Crippen molar-refractivity contribution in [3.8, 4) is 11.3 Å². The Balaban J connectivity index is 1.39. The number of hydrogen-bond donors (Lipinski definition) is 1. The lowest BCUT2D eigenvalue weighted by molar-refractivity contribution is 0.0786. The van der Waals surface area contributed by atoms with E-state index in [9.17, 15) is 4.79 Å². The summed E-state index contributed by atoms with van der Waals surface area (Å²) < 4.78 is 0. The van der Waals surface area contributed by atoms with Gasteiger partial charge in [-0.15, -0.1) is 11.3 Å². The third-order valence-corrected chi connectivity index (χ3v) is 5.03. The highest BCUT2D eigenvalue weighted by Crippen LogP contribution is 2.26. The van der Waals surface area contributed by atoms with Gasteiger partial charge in [0.25, 0.3) is 5.91 Å². The quantitative estimate of drug-likeness (QED) is 0.782. The van der Waals surface area contributed by atoms with Crippen LogP contribution in [0.2, 0.25) is 0 Å². The van der Waals surface area contributed by atoms with Gasteiger partial charge in [0.1, 0.15) is 5.69 Å². The van der Waals surface area contributed by atoms with Gasteiger partial charge in [0.05, 0.1) is 5.69 Å². The summed E-state index contributed by atoms with van der Waals surface area (Å²) >= 11 is 1.60. The van der Waals surface area contributed by atoms with E-state index < -0.39 is 0 Å². The predicted molar refractivity (Wildman–Crippen MR) is 99.7 cm³/mol. The third kappa shape index (κ3) is 3.53. The molecule has 4 rings (SSSR count). The summed E-state index contributed by atoms with van der Waals surface area (Å²) in [7, 11) is 0. The number of aromatic nitrogens is 2. The topological polar surface area (TPSA) is 58.1 Å². The van der Waals surface area contributed by atoms with Crippen molar-refractivity contribution < 1.29 is 4.79 Å². The zero-order valence-corrected chi connectivity index (χ0v) is 14.4. The average Bonchev–Trinajstić information content (AvgIpc) is 3.33. The standard InChI is InChI=1S/C19H18N4OS/c24-18(16-8-4-5-10-20-16)23-11-9-15(12-23)21-19-22-17(13-25-19)14-6-2-1-3-7-14/h1-8,10,13,15H,9,11-12H2,(H,21,22). The van der Waals surface area contributed by atoms with Gasteiger partial charge in [0.2, 0.25) is 0 Å². The number of carbonyl (C=O) groups is 1. The number of nitrogens with one attached hydrogen (secondary N) is 1. The molecule has 1 saturated heterocycles. The predicted octanol–water partition coefficient (Wildman–Crippen LogP) is 3.53. The van der Waals surface area contributed by atoms with Crippen molar-refractivity contribution in [2.45, 2.75) is 12.5 Å². The number of rotatable bonds is 4. The van der Waals surface area contributed by atoms with Crippen LogP contribution in [0.1, 0.15) is 16.9 Å². The van der Waals surface area contributed by atoms with Crippen molar-refractivity contribution in [3.63, 3.8) is 0 Å². The maximum Gasteiger partial charge on any atom is 0.272 e. The van der Waals surface area contributed by atoms with Gasteiger partial charge >= 0.3 is 0 Å². The van der Waals surface area contributed by atoms with Crippen LogP contribution >= 0.6 is 11.3 Å². The number of likely N-dealkylation sites (tertiary alicyclic amines) is 1. The zero-order valence-electron chi connectivity index (χ0n) is 13.6. The summed E-state index contributed by atoms with van der Waals surface area (Å²) in [6, 6.07) is 15.8. The minimum atomic E-state index is -0.00554. The summed E-state index contributed by atoms with van der Waals surface area (Å²) in [5, 5.41) is 6.42. The van der Waals surface area contributed by atoms with Gasteiger partial charge < -0.3 is 10.2 Å². The van der Waals surface area contributed by atoms with Gasteiger partial charge in [0, 0.05) is 36.3 Å². The minimum Gasteiger partial charge on any atom is -0.357 e. The van der Waals surface area contributed by atoms with Gasteiger partial charge in [-0.3, -0.25) is 9.78 Å². The molecule has 0 spiro atoms. The van der Waals surface area contributed by atoms with Crippen molar-refractivity contribution in [2.24, 2.45) is 0 Å². The first-order valence-corrected chi connectivity index (χ1v) is 9.15. The van der Waals surface area contributed by atoms with E-state index in [0.717, 1.165) is 29.4 Å². The number of benzene rings is 1. The fourth-order valence-corrected chi connectivity index (χ4v) is 3.77. The maximum atomic E-state index is 12.5. The zero-order chi connectivity index (χ0) is 17.1. The Bertz CT molecular complexity index is 850. The highest BCUT2D eigenvalue weighted by Gasteiger charge is 2.27. The SMILES string of the molecule is O=C(c1ccccn1)N1CCC(Nc2nc(-c3ccccc3)cs2)C1. The van der Waals surface area contributed by atoms with Crippen LogP contribution < -0.4 is 5.32 Å². The Morgan fingerprint density at radius 3 is 2.80 bits per heavy atom. The Hall–Kier alpha value is -2.73. The van der Waals surface area contributed by atoms with E-state index in [0.29, 0.717) is 12.2 Å². The molecule has 1 aliphatic rings. The lowest BCUT2D eigenvalue weighted by atomic mass is 10.2. The molecule has 1 fully saturated rings. The molecular formula is C19H18N4OS. The second-order valence-corrected chi connectivity index (χ2v) is 6.86. The van der Waals surface area contributed by atoms with Crippen LogP contribution in [0.15, 0.2) is 60.1 Å². The first kappa shape index (κ1) is 15.8. The van der Waals surface area contributed by atoms with E-state index in [-0.39, 0.29) is 11.9 Å². The second-order valence-electron chi connectivity index (χ2n) is 6.00. The number of hydrogen-bond acceptors (Lipinski definition) is 5. The van der Waals surface area contributed by atoms with Crippen LogP contribution in [0.25, 0.3) is 11.3 Å². The van der Waals surface area contributed by atoms with Crippen molar-refractivity contribution >= 4 is 22.4 Å². The number of thiazole rings is 1. The fraction of sp³-hybridized carbons (Fsp3) is 0.211. The molecule has 5 nitrogen and oxygen atoms in total. The van der Waals surface area contributed by atoms with Gasteiger partial charge in [-0.25, -0.2) is 4.98 Å². The van der Waals surface area contributed by atoms with Crippen LogP contribution in [0.3, 0.4) is 0 Å². The number of anilines is 1. The van der Waals surface area contributed by atoms with E-state index in [1.54, 1.807) is 23.6 Å².